The molecule has 0 bridgehead atoms. The first kappa shape index (κ1) is 16.9. The van der Waals surface area contributed by atoms with Crippen LogP contribution in [0.15, 0.2) is 55.1 Å². The van der Waals surface area contributed by atoms with E-state index in [4.69, 9.17) is 5.73 Å². The minimum Gasteiger partial charge on any atom is -0.399 e. The summed E-state index contributed by atoms with van der Waals surface area (Å²) in [4.78, 5) is 0. The van der Waals surface area contributed by atoms with E-state index >= 15 is 0 Å². The maximum Gasteiger partial charge on any atom is 0.0314 e. The van der Waals surface area contributed by atoms with Crippen molar-refractivity contribution in [1.29, 1.82) is 0 Å². The van der Waals surface area contributed by atoms with Crippen molar-refractivity contribution < 1.29 is 0 Å². The van der Waals surface area contributed by atoms with Crippen molar-refractivity contribution in [2.75, 3.05) is 12.8 Å². The van der Waals surface area contributed by atoms with E-state index in [1.165, 1.54) is 18.2 Å². The van der Waals surface area contributed by atoms with Gasteiger partial charge in [-0.05, 0) is 35.9 Å². The van der Waals surface area contributed by atoms with Gasteiger partial charge in [0.15, 0.2) is 0 Å². The molecule has 2 rings (SSSR count). The van der Waals surface area contributed by atoms with Crippen LogP contribution in [0, 0.1) is 0 Å². The van der Waals surface area contributed by atoms with Gasteiger partial charge >= 0.3 is 0 Å². The average Bonchev–Trinajstić information content (AvgIpc) is 2.52. The van der Waals surface area contributed by atoms with Crippen molar-refractivity contribution in [3.8, 4) is 11.1 Å². The number of hydrogen-bond donors (Lipinski definition) is 2. The highest BCUT2D eigenvalue weighted by molar-refractivity contribution is 5.67. The van der Waals surface area contributed by atoms with E-state index in [2.05, 4.69) is 36.6 Å². The van der Waals surface area contributed by atoms with Crippen LogP contribution in [0.4, 0.5) is 5.69 Å². The first-order chi connectivity index (χ1) is 9.29. The van der Waals surface area contributed by atoms with Gasteiger partial charge in [0.05, 0.1) is 0 Å². The van der Waals surface area contributed by atoms with Crippen molar-refractivity contribution in [2.45, 2.75) is 13.8 Å². The molecule has 0 fully saturated rings. The number of benzene rings is 2. The topological polar surface area (TPSA) is 52.0 Å². The Morgan fingerprint density at radius 3 is 1.53 bits per heavy atom. The third-order valence-electron chi connectivity index (χ3n) is 2.39. The molecule has 2 aromatic carbocycles. The summed E-state index contributed by atoms with van der Waals surface area (Å²) < 4.78 is 0. The summed E-state index contributed by atoms with van der Waals surface area (Å²) in [5.74, 6) is 0. The van der Waals surface area contributed by atoms with Crippen molar-refractivity contribution in [3.05, 3.63) is 60.7 Å². The zero-order valence-corrected chi connectivity index (χ0v) is 12.1. The molecule has 0 atom stereocenters. The summed E-state index contributed by atoms with van der Waals surface area (Å²) in [6.45, 7) is 7.73. The fraction of sp³-hybridized carbons (Fsp3) is 0.176. The normalized spacial score (nSPS) is 8.42. The highest BCUT2D eigenvalue weighted by Crippen LogP contribution is 2.21. The van der Waals surface area contributed by atoms with E-state index in [9.17, 15) is 0 Å². The fourth-order valence-corrected chi connectivity index (χ4v) is 1.49. The van der Waals surface area contributed by atoms with Gasteiger partial charge in [-0.1, -0.05) is 62.9 Å². The van der Waals surface area contributed by atoms with Crippen LogP contribution in [-0.4, -0.2) is 7.05 Å². The Morgan fingerprint density at radius 1 is 0.789 bits per heavy atom. The molecule has 0 saturated heterocycles. The second-order valence-electron chi connectivity index (χ2n) is 3.45. The van der Waals surface area contributed by atoms with Gasteiger partial charge in [0.2, 0.25) is 0 Å². The van der Waals surface area contributed by atoms with E-state index in [0.717, 1.165) is 11.3 Å². The zero-order valence-electron chi connectivity index (χ0n) is 12.1. The van der Waals surface area contributed by atoms with Crippen LogP contribution >= 0.6 is 0 Å². The summed E-state index contributed by atoms with van der Waals surface area (Å²) in [5, 5.41) is 0. The van der Waals surface area contributed by atoms with Crippen molar-refractivity contribution in [3.63, 3.8) is 0 Å². The van der Waals surface area contributed by atoms with Crippen LogP contribution in [0.2, 0.25) is 0 Å². The number of anilines is 1. The molecular formula is C17H24N2. The minimum atomic E-state index is 0.793. The predicted octanol–water partition coefficient (Wildman–Crippen LogP) is 4.18. The molecule has 19 heavy (non-hydrogen) atoms. The molecule has 0 radical (unpaired) electrons. The molecule has 2 heteroatoms. The van der Waals surface area contributed by atoms with E-state index in [-0.39, 0.29) is 0 Å². The number of nitrogens with two attached hydrogens (primary N) is 2. The van der Waals surface area contributed by atoms with E-state index in [0.29, 0.717) is 0 Å². The van der Waals surface area contributed by atoms with Crippen LogP contribution in [0.1, 0.15) is 19.4 Å². The Labute approximate surface area is 116 Å². The highest BCUT2D eigenvalue weighted by Gasteiger charge is 1.96. The van der Waals surface area contributed by atoms with Crippen molar-refractivity contribution in [2.24, 2.45) is 5.73 Å². The maximum absolute atomic E-state index is 5.64. The Balaban J connectivity index is 0.000000741. The molecule has 0 amide bonds. The number of hydrogen-bond acceptors (Lipinski definition) is 2. The van der Waals surface area contributed by atoms with Crippen LogP contribution in [0.25, 0.3) is 17.2 Å². The second kappa shape index (κ2) is 9.92. The average molecular weight is 256 g/mol. The summed E-state index contributed by atoms with van der Waals surface area (Å²) in [7, 11) is 1.50. The number of nitrogen functional groups attached to an aromatic ring is 1. The van der Waals surface area contributed by atoms with E-state index in [1.54, 1.807) is 0 Å². The fourth-order valence-electron chi connectivity index (χ4n) is 1.49. The quantitative estimate of drug-likeness (QED) is 0.792. The Bertz CT molecular complexity index is 456. The highest BCUT2D eigenvalue weighted by atomic mass is 14.5. The molecule has 102 valence electrons. The second-order valence-corrected chi connectivity index (χ2v) is 3.45. The Morgan fingerprint density at radius 2 is 1.16 bits per heavy atom. The maximum atomic E-state index is 5.64. The predicted molar refractivity (Wildman–Crippen MR) is 87.8 cm³/mol. The first-order valence-corrected chi connectivity index (χ1v) is 6.46. The smallest absolute Gasteiger partial charge is 0.0314 e. The molecule has 0 aliphatic rings. The van der Waals surface area contributed by atoms with Gasteiger partial charge in [-0.2, -0.15) is 0 Å². The van der Waals surface area contributed by atoms with Gasteiger partial charge in [0.25, 0.3) is 0 Å². The Hall–Kier alpha value is -2.06. The van der Waals surface area contributed by atoms with Gasteiger partial charge in [0, 0.05) is 5.69 Å². The van der Waals surface area contributed by atoms with E-state index < -0.39 is 0 Å². The SMILES string of the molecule is C=Cc1ccc(-c2ccc(N)cc2)cc1.CC.CN. The molecule has 0 unspecified atom stereocenters. The summed E-state index contributed by atoms with van der Waals surface area (Å²) in [5.41, 5.74) is 14.4. The standard InChI is InChI=1S/C14H13N.C2H6.CH5N/c1-2-11-3-5-12(6-4-11)13-7-9-14(15)10-8-13;2*1-2/h2-10H,1,15H2;1-2H3;2H2,1H3. The third-order valence-corrected chi connectivity index (χ3v) is 2.39. The van der Waals surface area contributed by atoms with Gasteiger partial charge in [-0.3, -0.25) is 0 Å². The molecule has 0 aliphatic carbocycles. The van der Waals surface area contributed by atoms with Gasteiger partial charge in [0.1, 0.15) is 0 Å². The Kier molecular flexibility index (Phi) is 8.84. The summed E-state index contributed by atoms with van der Waals surface area (Å²) >= 11 is 0. The van der Waals surface area contributed by atoms with Crippen LogP contribution < -0.4 is 11.5 Å². The molecule has 2 aromatic rings. The lowest BCUT2D eigenvalue weighted by atomic mass is 10.0. The lowest BCUT2D eigenvalue weighted by Crippen LogP contribution is -1.83. The lowest BCUT2D eigenvalue weighted by Gasteiger charge is -2.02. The summed E-state index contributed by atoms with van der Waals surface area (Å²) in [6, 6.07) is 16.2. The first-order valence-electron chi connectivity index (χ1n) is 6.46. The lowest BCUT2D eigenvalue weighted by molar-refractivity contribution is 1.48. The largest absolute Gasteiger partial charge is 0.399 e. The monoisotopic (exact) mass is 256 g/mol. The third kappa shape index (κ3) is 5.40. The molecule has 0 aromatic heterocycles. The van der Waals surface area contributed by atoms with Crippen LogP contribution in [-0.2, 0) is 0 Å². The van der Waals surface area contributed by atoms with Gasteiger partial charge < -0.3 is 11.5 Å². The van der Waals surface area contributed by atoms with Crippen LogP contribution in [0.5, 0.6) is 0 Å². The molecule has 0 aliphatic heterocycles. The molecule has 4 N–H and O–H groups in total. The molecular weight excluding hydrogens is 232 g/mol. The van der Waals surface area contributed by atoms with Crippen LogP contribution in [0.3, 0.4) is 0 Å². The van der Waals surface area contributed by atoms with Crippen molar-refractivity contribution in [1.82, 2.24) is 0 Å². The minimum absolute atomic E-state index is 0.793. The molecule has 0 heterocycles. The van der Waals surface area contributed by atoms with Gasteiger partial charge in [-0.25, -0.2) is 0 Å². The molecule has 0 spiro atoms. The van der Waals surface area contributed by atoms with Gasteiger partial charge in [-0.15, -0.1) is 0 Å². The zero-order chi connectivity index (χ0) is 14.7. The summed E-state index contributed by atoms with van der Waals surface area (Å²) in [6.07, 6.45) is 1.84. The van der Waals surface area contributed by atoms with Crippen molar-refractivity contribution >= 4 is 11.8 Å². The molecule has 2 nitrogen and oxygen atoms in total. The van der Waals surface area contributed by atoms with E-state index in [1.807, 2.05) is 44.2 Å². The molecule has 0 saturated carbocycles. The number of rotatable bonds is 2.